The number of rotatable bonds is 5. The number of hydrogen-bond acceptors (Lipinski definition) is 4. The van der Waals surface area contributed by atoms with Crippen molar-refractivity contribution in [3.8, 4) is 0 Å². The van der Waals surface area contributed by atoms with Crippen molar-refractivity contribution in [2.45, 2.75) is 31.0 Å². The van der Waals surface area contributed by atoms with Crippen LogP contribution in [-0.2, 0) is 17.5 Å². The Kier molecular flexibility index (Phi) is 5.81. The predicted molar refractivity (Wildman–Crippen MR) is 97.1 cm³/mol. The highest BCUT2D eigenvalue weighted by atomic mass is 32.2. The van der Waals surface area contributed by atoms with Crippen molar-refractivity contribution >= 4 is 23.4 Å². The van der Waals surface area contributed by atoms with E-state index in [-0.39, 0.29) is 18.2 Å². The second-order valence-electron chi connectivity index (χ2n) is 6.40. The van der Waals surface area contributed by atoms with Crippen LogP contribution < -0.4 is 5.32 Å². The molecule has 1 unspecified atom stereocenters. The van der Waals surface area contributed by atoms with Crippen molar-refractivity contribution in [3.63, 3.8) is 0 Å². The van der Waals surface area contributed by atoms with Crippen molar-refractivity contribution in [3.05, 3.63) is 41.2 Å². The zero-order valence-corrected chi connectivity index (χ0v) is 15.8. The molecule has 0 radical (unpaired) electrons. The molecule has 3 rings (SSSR count). The third kappa shape index (κ3) is 4.47. The van der Waals surface area contributed by atoms with Gasteiger partial charge in [-0.2, -0.15) is 18.3 Å². The number of nitrogens with zero attached hydrogens (tertiary/aromatic N) is 2. The molecular formula is C18H20F3N3O2S. The Labute approximate surface area is 159 Å². The number of alkyl halides is 3. The topological polar surface area (TPSA) is 56.2 Å². The first-order chi connectivity index (χ1) is 12.8. The van der Waals surface area contributed by atoms with E-state index in [0.29, 0.717) is 18.9 Å². The van der Waals surface area contributed by atoms with E-state index >= 15 is 0 Å². The average Bonchev–Trinajstić information content (AvgIpc) is 3.22. The number of benzene rings is 1. The summed E-state index contributed by atoms with van der Waals surface area (Å²) in [7, 11) is 0. The molecule has 5 nitrogen and oxygen atoms in total. The van der Waals surface area contributed by atoms with E-state index in [0.717, 1.165) is 11.3 Å². The lowest BCUT2D eigenvalue weighted by Crippen LogP contribution is -2.24. The van der Waals surface area contributed by atoms with E-state index in [9.17, 15) is 18.0 Å². The molecule has 0 bridgehead atoms. The average molecular weight is 399 g/mol. The number of amides is 1. The number of hydrogen-bond donors (Lipinski definition) is 1. The first-order valence-corrected chi connectivity index (χ1v) is 9.70. The molecule has 1 aliphatic rings. The Bertz CT molecular complexity index is 830. The molecule has 1 saturated heterocycles. The number of ether oxygens (including phenoxy) is 1. The van der Waals surface area contributed by atoms with Gasteiger partial charge in [0.15, 0.2) is 0 Å². The molecule has 1 N–H and O–H groups in total. The van der Waals surface area contributed by atoms with E-state index in [1.165, 1.54) is 23.4 Å². The lowest BCUT2D eigenvalue weighted by atomic mass is 10.1. The maximum absolute atomic E-state index is 13.6. The van der Waals surface area contributed by atoms with Gasteiger partial charge in [0, 0.05) is 29.7 Å². The Morgan fingerprint density at radius 2 is 2.22 bits per heavy atom. The molecule has 2 heterocycles. The van der Waals surface area contributed by atoms with Crippen LogP contribution in [0.25, 0.3) is 0 Å². The molecule has 27 heavy (non-hydrogen) atoms. The lowest BCUT2D eigenvalue weighted by Gasteiger charge is -2.14. The lowest BCUT2D eigenvalue weighted by molar-refractivity contribution is -0.138. The molecule has 1 aromatic carbocycles. The number of thioether (sulfide) groups is 1. The second-order valence-corrected chi connectivity index (χ2v) is 7.28. The van der Waals surface area contributed by atoms with Gasteiger partial charge in [-0.25, -0.2) is 0 Å². The molecule has 0 aliphatic carbocycles. The first-order valence-electron chi connectivity index (χ1n) is 8.47. The van der Waals surface area contributed by atoms with Gasteiger partial charge in [-0.15, -0.1) is 11.8 Å². The fraction of sp³-hybridized carbons (Fsp3) is 0.444. The van der Waals surface area contributed by atoms with Crippen LogP contribution in [0.5, 0.6) is 0 Å². The summed E-state index contributed by atoms with van der Waals surface area (Å²) in [5.41, 5.74) is -1.21. The highest BCUT2D eigenvalue weighted by Gasteiger charge is 2.41. The van der Waals surface area contributed by atoms with Gasteiger partial charge in [-0.05, 0) is 37.8 Å². The van der Waals surface area contributed by atoms with Gasteiger partial charge in [0.2, 0.25) is 0 Å². The fourth-order valence-corrected chi connectivity index (χ4v) is 3.61. The summed E-state index contributed by atoms with van der Waals surface area (Å²) < 4.78 is 47.2. The highest BCUT2D eigenvalue weighted by molar-refractivity contribution is 7.98. The smallest absolute Gasteiger partial charge is 0.381 e. The Morgan fingerprint density at radius 1 is 1.44 bits per heavy atom. The third-order valence-electron chi connectivity index (χ3n) is 4.41. The zero-order chi connectivity index (χ0) is 19.6. The van der Waals surface area contributed by atoms with Gasteiger partial charge >= 0.3 is 6.18 Å². The van der Waals surface area contributed by atoms with Crippen molar-refractivity contribution in [2.75, 3.05) is 24.8 Å². The first kappa shape index (κ1) is 19.8. The Hall–Kier alpha value is -2.00. The van der Waals surface area contributed by atoms with Crippen LogP contribution in [0.2, 0.25) is 0 Å². The van der Waals surface area contributed by atoms with Crippen LogP contribution in [-0.4, -0.2) is 35.2 Å². The van der Waals surface area contributed by atoms with Crippen LogP contribution in [0.1, 0.15) is 28.2 Å². The largest absolute Gasteiger partial charge is 0.420 e. The van der Waals surface area contributed by atoms with Gasteiger partial charge in [-0.1, -0.05) is 6.07 Å². The predicted octanol–water partition coefficient (Wildman–Crippen LogP) is 4.22. The molecule has 1 amide bonds. The summed E-state index contributed by atoms with van der Waals surface area (Å²) in [5, 5.41) is 6.59. The summed E-state index contributed by atoms with van der Waals surface area (Å²) in [4.78, 5) is 13.7. The number of aromatic nitrogens is 2. The molecule has 0 spiro atoms. The Balaban J connectivity index is 1.95. The number of anilines is 1. The van der Waals surface area contributed by atoms with Gasteiger partial charge in [-0.3, -0.25) is 9.48 Å². The number of nitrogens with one attached hydrogen (secondary N) is 1. The highest BCUT2D eigenvalue weighted by Crippen LogP contribution is 2.35. The van der Waals surface area contributed by atoms with Crippen LogP contribution >= 0.6 is 11.8 Å². The fourth-order valence-electron chi connectivity index (χ4n) is 3.15. The molecular weight excluding hydrogens is 379 g/mol. The molecule has 2 aromatic rings. The van der Waals surface area contributed by atoms with E-state index in [1.54, 1.807) is 18.2 Å². The van der Waals surface area contributed by atoms with Crippen molar-refractivity contribution in [1.29, 1.82) is 0 Å². The number of carbonyl (C=O) groups excluding carboxylic acids is 1. The standard InChI is InChI=1S/C18H20F3N3O2S/c1-11-15(18(19,20)21)16(24(23-11)9-12-6-7-26-10-12)17(25)22-13-4-3-5-14(8-13)27-2/h3-5,8,12H,6-7,9-10H2,1-2H3,(H,22,25). The summed E-state index contributed by atoms with van der Waals surface area (Å²) in [6.07, 6.45) is -2.05. The van der Waals surface area contributed by atoms with E-state index in [1.807, 2.05) is 12.3 Å². The summed E-state index contributed by atoms with van der Waals surface area (Å²) >= 11 is 1.48. The molecule has 1 fully saturated rings. The maximum Gasteiger partial charge on any atom is 0.420 e. The van der Waals surface area contributed by atoms with E-state index in [2.05, 4.69) is 10.4 Å². The molecule has 1 atom stereocenters. The van der Waals surface area contributed by atoms with Crippen molar-refractivity contribution < 1.29 is 22.7 Å². The molecule has 146 valence electrons. The Morgan fingerprint density at radius 3 is 2.85 bits per heavy atom. The van der Waals surface area contributed by atoms with Crippen LogP contribution in [0.4, 0.5) is 18.9 Å². The van der Waals surface area contributed by atoms with Gasteiger partial charge in [0.1, 0.15) is 11.3 Å². The molecule has 1 aromatic heterocycles. The minimum absolute atomic E-state index is 0.0387. The molecule has 0 saturated carbocycles. The minimum Gasteiger partial charge on any atom is -0.381 e. The van der Waals surface area contributed by atoms with Crippen LogP contribution in [0, 0.1) is 12.8 Å². The van der Waals surface area contributed by atoms with Gasteiger partial charge in [0.05, 0.1) is 12.3 Å². The molecule has 9 heteroatoms. The number of aryl methyl sites for hydroxylation is 1. The van der Waals surface area contributed by atoms with Crippen LogP contribution in [0.3, 0.4) is 0 Å². The minimum atomic E-state index is -4.66. The van der Waals surface area contributed by atoms with E-state index < -0.39 is 23.3 Å². The van der Waals surface area contributed by atoms with Crippen molar-refractivity contribution in [1.82, 2.24) is 9.78 Å². The van der Waals surface area contributed by atoms with Gasteiger partial charge < -0.3 is 10.1 Å². The zero-order valence-electron chi connectivity index (χ0n) is 15.0. The molecule has 1 aliphatic heterocycles. The third-order valence-corrected chi connectivity index (χ3v) is 5.13. The SMILES string of the molecule is CSc1cccc(NC(=O)c2c(C(F)(F)F)c(C)nn2CC2CCOC2)c1. The number of carbonyl (C=O) groups is 1. The maximum atomic E-state index is 13.6. The number of halogens is 3. The summed E-state index contributed by atoms with van der Waals surface area (Å²) in [5.74, 6) is -0.781. The van der Waals surface area contributed by atoms with E-state index in [4.69, 9.17) is 4.74 Å². The van der Waals surface area contributed by atoms with Gasteiger partial charge in [0.25, 0.3) is 5.91 Å². The summed E-state index contributed by atoms with van der Waals surface area (Å²) in [6, 6.07) is 6.96. The quantitative estimate of drug-likeness (QED) is 0.765. The van der Waals surface area contributed by atoms with Crippen molar-refractivity contribution in [2.24, 2.45) is 5.92 Å². The second kappa shape index (κ2) is 7.93. The van der Waals surface area contributed by atoms with Crippen LogP contribution in [0.15, 0.2) is 29.2 Å². The normalized spacial score (nSPS) is 17.3. The summed E-state index contributed by atoms with van der Waals surface area (Å²) in [6.45, 7) is 2.51. The monoisotopic (exact) mass is 399 g/mol.